The van der Waals surface area contributed by atoms with Crippen LogP contribution in [0.25, 0.3) is 0 Å². The first kappa shape index (κ1) is 13.3. The molecule has 0 unspecified atom stereocenters. The third kappa shape index (κ3) is 6.16. The van der Waals surface area contributed by atoms with E-state index in [1.807, 2.05) is 13.8 Å². The van der Waals surface area contributed by atoms with Crippen molar-refractivity contribution in [3.63, 3.8) is 0 Å². The monoisotopic (exact) mass is 192 g/mol. The van der Waals surface area contributed by atoms with Crippen molar-refractivity contribution in [1.82, 2.24) is 0 Å². The molecule has 0 nitrogen and oxygen atoms in total. The van der Waals surface area contributed by atoms with Crippen LogP contribution >= 0.6 is 11.6 Å². The van der Waals surface area contributed by atoms with Crippen LogP contribution in [0.5, 0.6) is 0 Å². The van der Waals surface area contributed by atoms with E-state index in [0.717, 1.165) is 0 Å². The second-order valence-corrected chi connectivity index (χ2v) is 1.72. The van der Waals surface area contributed by atoms with E-state index in [9.17, 15) is 17.6 Å². The number of hydrogen-bond acceptors (Lipinski definition) is 0. The summed E-state index contributed by atoms with van der Waals surface area (Å²) < 4.78 is 45.5. The maximum atomic E-state index is 11.5. The van der Waals surface area contributed by atoms with Gasteiger partial charge in [0.15, 0.2) is 5.29 Å². The molecular weight excluding hydrogens is 184 g/mol. The molecule has 0 amide bonds. The number of rotatable bonds is 0. The first-order valence-electron chi connectivity index (χ1n) is 2.94. The SMILES string of the molecule is C/C(=C(/F)Cl)C(F)(F)F.CC. The molecule has 0 spiro atoms. The lowest BCUT2D eigenvalue weighted by Gasteiger charge is -2.03. The summed E-state index contributed by atoms with van der Waals surface area (Å²) in [6, 6.07) is 0. The topological polar surface area (TPSA) is 0 Å². The molecule has 0 rings (SSSR count). The van der Waals surface area contributed by atoms with Gasteiger partial charge in [0.25, 0.3) is 0 Å². The molecular formula is C6H9ClF4. The van der Waals surface area contributed by atoms with Crippen molar-refractivity contribution in [1.29, 1.82) is 0 Å². The average Bonchev–Trinajstić information content (AvgIpc) is 1.89. The molecule has 0 heterocycles. The molecule has 5 heteroatoms. The summed E-state index contributed by atoms with van der Waals surface area (Å²) in [6.07, 6.45) is -4.65. The van der Waals surface area contributed by atoms with Crippen LogP contribution in [0.2, 0.25) is 0 Å². The van der Waals surface area contributed by atoms with Crippen LogP contribution in [0, 0.1) is 0 Å². The molecule has 0 aliphatic rings. The Hall–Kier alpha value is -0.250. The van der Waals surface area contributed by atoms with Gasteiger partial charge >= 0.3 is 6.18 Å². The fourth-order valence-corrected chi connectivity index (χ4v) is 0.214. The van der Waals surface area contributed by atoms with Crippen LogP contribution in [-0.4, -0.2) is 6.18 Å². The van der Waals surface area contributed by atoms with Gasteiger partial charge in [-0.25, -0.2) is 0 Å². The van der Waals surface area contributed by atoms with E-state index < -0.39 is 17.0 Å². The van der Waals surface area contributed by atoms with Crippen molar-refractivity contribution in [3.05, 3.63) is 10.9 Å². The Balaban J connectivity index is 0. The van der Waals surface area contributed by atoms with Crippen molar-refractivity contribution in [2.75, 3.05) is 0 Å². The second kappa shape index (κ2) is 5.41. The minimum Gasteiger partial charge on any atom is -0.193 e. The highest BCUT2D eigenvalue weighted by Gasteiger charge is 2.32. The number of halogens is 5. The summed E-state index contributed by atoms with van der Waals surface area (Å²) in [4.78, 5) is 0. The lowest BCUT2D eigenvalue weighted by molar-refractivity contribution is -0.0926. The van der Waals surface area contributed by atoms with Crippen molar-refractivity contribution >= 4 is 11.6 Å². The summed E-state index contributed by atoms with van der Waals surface area (Å²) in [5, 5.41) is -1.71. The van der Waals surface area contributed by atoms with Gasteiger partial charge in [0, 0.05) is 0 Å². The fraction of sp³-hybridized carbons (Fsp3) is 0.667. The van der Waals surface area contributed by atoms with Gasteiger partial charge in [-0.05, 0) is 6.92 Å². The minimum absolute atomic E-state index is 0.572. The van der Waals surface area contributed by atoms with E-state index >= 15 is 0 Å². The summed E-state index contributed by atoms with van der Waals surface area (Å²) in [7, 11) is 0. The predicted molar refractivity (Wildman–Crippen MR) is 37.1 cm³/mol. The lowest BCUT2D eigenvalue weighted by atomic mass is 10.3. The van der Waals surface area contributed by atoms with E-state index in [-0.39, 0.29) is 0 Å². The zero-order chi connectivity index (χ0) is 9.65. The molecule has 0 saturated heterocycles. The van der Waals surface area contributed by atoms with Crippen LogP contribution in [0.3, 0.4) is 0 Å². The van der Waals surface area contributed by atoms with E-state index in [2.05, 4.69) is 11.6 Å². The van der Waals surface area contributed by atoms with Crippen molar-refractivity contribution in [2.24, 2.45) is 0 Å². The van der Waals surface area contributed by atoms with Gasteiger partial charge < -0.3 is 0 Å². The van der Waals surface area contributed by atoms with E-state index in [1.54, 1.807) is 0 Å². The average molecular weight is 193 g/mol. The van der Waals surface area contributed by atoms with Crippen LogP contribution in [0.1, 0.15) is 20.8 Å². The summed E-state index contributed by atoms with van der Waals surface area (Å²) in [5.74, 6) is 0. The third-order valence-corrected chi connectivity index (χ3v) is 0.992. The lowest BCUT2D eigenvalue weighted by Crippen LogP contribution is -2.09. The quantitative estimate of drug-likeness (QED) is 0.509. The highest BCUT2D eigenvalue weighted by Crippen LogP contribution is 2.29. The molecule has 0 bridgehead atoms. The van der Waals surface area contributed by atoms with Gasteiger partial charge in [0.05, 0.1) is 5.57 Å². The Morgan fingerprint density at radius 1 is 1.18 bits per heavy atom. The maximum absolute atomic E-state index is 11.5. The minimum atomic E-state index is -4.65. The van der Waals surface area contributed by atoms with E-state index in [0.29, 0.717) is 6.92 Å². The van der Waals surface area contributed by atoms with Crippen LogP contribution in [0.4, 0.5) is 17.6 Å². The second-order valence-electron chi connectivity index (χ2n) is 1.38. The molecule has 0 radical (unpaired) electrons. The molecule has 0 aliphatic heterocycles. The Bertz CT molecular complexity index is 132. The molecule has 0 N–H and O–H groups in total. The molecule has 0 fully saturated rings. The molecule has 11 heavy (non-hydrogen) atoms. The van der Waals surface area contributed by atoms with Gasteiger partial charge in [-0.15, -0.1) is 0 Å². The Kier molecular flexibility index (Phi) is 6.56. The van der Waals surface area contributed by atoms with Gasteiger partial charge in [-0.3, -0.25) is 0 Å². The maximum Gasteiger partial charge on any atom is 0.416 e. The molecule has 68 valence electrons. The largest absolute Gasteiger partial charge is 0.416 e. The van der Waals surface area contributed by atoms with Gasteiger partial charge in [0.1, 0.15) is 0 Å². The Labute approximate surface area is 67.8 Å². The first-order valence-corrected chi connectivity index (χ1v) is 3.32. The zero-order valence-corrected chi connectivity index (χ0v) is 7.15. The third-order valence-electron chi connectivity index (χ3n) is 0.709. The van der Waals surface area contributed by atoms with Crippen LogP contribution in [0.15, 0.2) is 10.9 Å². The number of hydrogen-bond donors (Lipinski definition) is 0. The summed E-state index contributed by atoms with van der Waals surface area (Å²) in [6.45, 7) is 4.57. The zero-order valence-electron chi connectivity index (χ0n) is 6.39. The normalized spacial score (nSPS) is 13.1. The van der Waals surface area contributed by atoms with Gasteiger partial charge in [-0.1, -0.05) is 25.4 Å². The first-order chi connectivity index (χ1) is 4.85. The fourth-order valence-electron chi connectivity index (χ4n) is 0.107. The smallest absolute Gasteiger partial charge is 0.193 e. The van der Waals surface area contributed by atoms with Crippen LogP contribution < -0.4 is 0 Å². The van der Waals surface area contributed by atoms with Crippen molar-refractivity contribution in [2.45, 2.75) is 26.9 Å². The van der Waals surface area contributed by atoms with Crippen molar-refractivity contribution in [3.8, 4) is 0 Å². The molecule has 0 aromatic rings. The molecule has 0 atom stereocenters. The molecule has 0 aliphatic carbocycles. The van der Waals surface area contributed by atoms with Gasteiger partial charge in [0.2, 0.25) is 0 Å². The van der Waals surface area contributed by atoms with E-state index in [1.165, 1.54) is 0 Å². The predicted octanol–water partition coefficient (Wildman–Crippen LogP) is 4.01. The van der Waals surface area contributed by atoms with Crippen molar-refractivity contribution < 1.29 is 17.6 Å². The summed E-state index contributed by atoms with van der Waals surface area (Å²) >= 11 is 4.41. The Morgan fingerprint density at radius 3 is 1.45 bits per heavy atom. The van der Waals surface area contributed by atoms with Crippen LogP contribution in [-0.2, 0) is 0 Å². The highest BCUT2D eigenvalue weighted by atomic mass is 35.5. The Morgan fingerprint density at radius 2 is 1.45 bits per heavy atom. The number of allylic oxidation sites excluding steroid dienone is 1. The summed E-state index contributed by atoms with van der Waals surface area (Å²) in [5.41, 5.74) is -1.40. The highest BCUT2D eigenvalue weighted by molar-refractivity contribution is 6.28. The molecule has 0 saturated carbocycles. The molecule has 0 aromatic carbocycles. The van der Waals surface area contributed by atoms with E-state index in [4.69, 9.17) is 0 Å². The molecule has 0 aromatic heterocycles. The standard InChI is InChI=1S/C4H3ClF4.C2H6/c1-2(3(5)6)4(7,8)9;1-2/h1H3;1-2H3/b3-2-;. The number of alkyl halides is 3. The van der Waals surface area contributed by atoms with Gasteiger partial charge in [-0.2, -0.15) is 17.6 Å².